The number of aliphatic hydroxyl groups excluding tert-OH is 1. The number of nitrogens with zero attached hydrogens (tertiary/aromatic N) is 1. The Morgan fingerprint density at radius 2 is 2.00 bits per heavy atom. The van der Waals surface area contributed by atoms with E-state index in [2.05, 4.69) is 10.4 Å². The van der Waals surface area contributed by atoms with E-state index in [1.807, 2.05) is 6.92 Å². The third-order valence-electron chi connectivity index (χ3n) is 2.73. The molecule has 1 unspecified atom stereocenters. The van der Waals surface area contributed by atoms with E-state index < -0.39 is 6.10 Å². The number of hydrogen-bond donors (Lipinski definition) is 3. The van der Waals surface area contributed by atoms with Crippen molar-refractivity contribution in [2.75, 3.05) is 13.1 Å². The lowest BCUT2D eigenvalue weighted by Gasteiger charge is -2.13. The summed E-state index contributed by atoms with van der Waals surface area (Å²) in [6, 6.07) is 0. The molecule has 1 rings (SSSR count). The highest BCUT2D eigenvalue weighted by molar-refractivity contribution is 5.17. The highest BCUT2D eigenvalue weighted by atomic mass is 16.3. The molecule has 0 fully saturated rings. The molecule has 0 amide bonds. The van der Waals surface area contributed by atoms with Gasteiger partial charge in [0.25, 0.3) is 11.1 Å². The zero-order chi connectivity index (χ0) is 13.0. The van der Waals surface area contributed by atoms with Crippen LogP contribution in [0.2, 0.25) is 0 Å². The first kappa shape index (κ1) is 13.7. The molecule has 0 aliphatic heterocycles. The normalized spacial score (nSPS) is 12.7. The Morgan fingerprint density at radius 1 is 1.35 bits per heavy atom. The van der Waals surface area contributed by atoms with Gasteiger partial charge in [-0.05, 0) is 20.4 Å². The van der Waals surface area contributed by atoms with E-state index in [9.17, 15) is 14.7 Å². The molecule has 1 aromatic rings. The van der Waals surface area contributed by atoms with Crippen LogP contribution in [0.3, 0.4) is 0 Å². The Bertz CT molecular complexity index is 490. The van der Waals surface area contributed by atoms with Crippen LogP contribution in [0.25, 0.3) is 0 Å². The second-order valence-electron chi connectivity index (χ2n) is 4.07. The minimum absolute atomic E-state index is 0.0855. The first-order valence-electron chi connectivity index (χ1n) is 5.66. The first-order chi connectivity index (χ1) is 7.97. The molecule has 17 heavy (non-hydrogen) atoms. The molecule has 3 N–H and O–H groups in total. The van der Waals surface area contributed by atoms with Crippen LogP contribution in [0.1, 0.15) is 18.1 Å². The minimum Gasteiger partial charge on any atom is -0.390 e. The number of rotatable bonds is 5. The van der Waals surface area contributed by atoms with E-state index >= 15 is 0 Å². The first-order valence-corrected chi connectivity index (χ1v) is 5.66. The molecule has 0 aliphatic rings. The van der Waals surface area contributed by atoms with E-state index in [0.717, 1.165) is 11.2 Å². The van der Waals surface area contributed by atoms with Crippen molar-refractivity contribution in [3.8, 4) is 0 Å². The summed E-state index contributed by atoms with van der Waals surface area (Å²) in [5.74, 6) is 0. The van der Waals surface area contributed by atoms with Gasteiger partial charge >= 0.3 is 0 Å². The van der Waals surface area contributed by atoms with E-state index in [1.165, 1.54) is 0 Å². The van der Waals surface area contributed by atoms with Gasteiger partial charge < -0.3 is 10.4 Å². The van der Waals surface area contributed by atoms with Crippen LogP contribution in [0, 0.1) is 13.8 Å². The maximum Gasteiger partial charge on any atom is 0.268 e. The molecule has 0 aliphatic carbocycles. The number of hydrogen-bond acceptors (Lipinski definition) is 4. The van der Waals surface area contributed by atoms with Gasteiger partial charge in [0.1, 0.15) is 0 Å². The molecule has 1 atom stereocenters. The zero-order valence-corrected chi connectivity index (χ0v) is 10.4. The Morgan fingerprint density at radius 3 is 2.59 bits per heavy atom. The Labute approximate surface area is 99.3 Å². The van der Waals surface area contributed by atoms with Crippen LogP contribution < -0.4 is 16.4 Å². The minimum atomic E-state index is -0.703. The zero-order valence-electron chi connectivity index (χ0n) is 10.4. The van der Waals surface area contributed by atoms with Crippen LogP contribution in [-0.2, 0) is 6.54 Å². The number of H-pyrrole nitrogens is 1. The van der Waals surface area contributed by atoms with E-state index in [-0.39, 0.29) is 17.7 Å². The highest BCUT2D eigenvalue weighted by Crippen LogP contribution is 1.92. The fraction of sp³-hybridized carbons (Fsp3) is 0.636. The van der Waals surface area contributed by atoms with Gasteiger partial charge in [-0.15, -0.1) is 0 Å². The average molecular weight is 241 g/mol. The van der Waals surface area contributed by atoms with Gasteiger partial charge in [-0.3, -0.25) is 14.7 Å². The Hall–Kier alpha value is -1.40. The molecule has 0 spiro atoms. The summed E-state index contributed by atoms with van der Waals surface area (Å²) in [6.45, 7) is 6.36. The van der Waals surface area contributed by atoms with Gasteiger partial charge in [0.15, 0.2) is 0 Å². The molecular weight excluding hydrogens is 222 g/mol. The molecular formula is C11H19N3O3. The molecule has 1 aromatic heterocycles. The SMILES string of the molecule is CCNCC(O)Cn1[nH]c(=O)c(C)c(C)c1=O. The summed E-state index contributed by atoms with van der Waals surface area (Å²) in [4.78, 5) is 23.3. The summed E-state index contributed by atoms with van der Waals surface area (Å²) >= 11 is 0. The predicted octanol–water partition coefficient (Wildman–Crippen LogP) is -0.876. The molecule has 6 heteroatoms. The third-order valence-corrected chi connectivity index (χ3v) is 2.73. The maximum atomic E-state index is 11.8. The number of aromatic nitrogens is 2. The second-order valence-corrected chi connectivity index (χ2v) is 4.07. The molecule has 96 valence electrons. The standard InChI is InChI=1S/C11H19N3O3/c1-4-12-5-9(15)6-14-11(17)8(3)7(2)10(16)13-14/h9,12,15H,4-6H2,1-3H3,(H,13,16). The van der Waals surface area contributed by atoms with Crippen molar-refractivity contribution in [2.45, 2.75) is 33.4 Å². The van der Waals surface area contributed by atoms with E-state index in [0.29, 0.717) is 17.7 Å². The van der Waals surface area contributed by atoms with Crippen molar-refractivity contribution < 1.29 is 5.11 Å². The predicted molar refractivity (Wildman–Crippen MR) is 65.3 cm³/mol. The topological polar surface area (TPSA) is 87.1 Å². The Kier molecular flexibility index (Phi) is 4.65. The van der Waals surface area contributed by atoms with Crippen molar-refractivity contribution in [3.05, 3.63) is 31.8 Å². The fourth-order valence-electron chi connectivity index (χ4n) is 1.51. The molecule has 0 saturated carbocycles. The third kappa shape index (κ3) is 3.28. The second kappa shape index (κ2) is 5.79. The number of nitrogens with one attached hydrogen (secondary N) is 2. The van der Waals surface area contributed by atoms with Crippen LogP contribution in [0.4, 0.5) is 0 Å². The van der Waals surface area contributed by atoms with E-state index in [4.69, 9.17) is 0 Å². The summed E-state index contributed by atoms with van der Waals surface area (Å²) < 4.78 is 1.16. The molecule has 0 aromatic carbocycles. The van der Waals surface area contributed by atoms with Gasteiger partial charge in [-0.25, -0.2) is 4.68 Å². The quantitative estimate of drug-likeness (QED) is 0.625. The Balaban J connectivity index is 2.93. The molecule has 0 bridgehead atoms. The van der Waals surface area contributed by atoms with Crippen molar-refractivity contribution >= 4 is 0 Å². The smallest absolute Gasteiger partial charge is 0.268 e. The van der Waals surface area contributed by atoms with Crippen molar-refractivity contribution in [3.63, 3.8) is 0 Å². The number of likely N-dealkylation sites (N-methyl/N-ethyl adjacent to an activating group) is 1. The van der Waals surface area contributed by atoms with Gasteiger partial charge in [0.2, 0.25) is 0 Å². The van der Waals surface area contributed by atoms with Gasteiger partial charge in [0, 0.05) is 17.7 Å². The monoisotopic (exact) mass is 241 g/mol. The van der Waals surface area contributed by atoms with Crippen molar-refractivity contribution in [2.24, 2.45) is 0 Å². The van der Waals surface area contributed by atoms with Crippen LogP contribution in [0.5, 0.6) is 0 Å². The number of aromatic amines is 1. The largest absolute Gasteiger partial charge is 0.390 e. The van der Waals surface area contributed by atoms with Gasteiger partial charge in [-0.2, -0.15) is 0 Å². The van der Waals surface area contributed by atoms with Gasteiger partial charge in [0.05, 0.1) is 12.6 Å². The fourth-order valence-corrected chi connectivity index (χ4v) is 1.51. The number of aliphatic hydroxyl groups is 1. The maximum absolute atomic E-state index is 11.8. The van der Waals surface area contributed by atoms with Gasteiger partial charge in [-0.1, -0.05) is 6.92 Å². The summed E-state index contributed by atoms with van der Waals surface area (Å²) in [5.41, 5.74) is 0.284. The average Bonchev–Trinajstić information content (AvgIpc) is 2.30. The summed E-state index contributed by atoms with van der Waals surface area (Å²) in [6.07, 6.45) is -0.703. The lowest BCUT2D eigenvalue weighted by Crippen LogP contribution is -2.39. The van der Waals surface area contributed by atoms with Crippen molar-refractivity contribution in [1.82, 2.24) is 15.1 Å². The highest BCUT2D eigenvalue weighted by Gasteiger charge is 2.10. The lowest BCUT2D eigenvalue weighted by atomic mass is 10.2. The molecule has 1 heterocycles. The summed E-state index contributed by atoms with van der Waals surface area (Å²) in [5, 5.41) is 15.1. The molecule has 0 saturated heterocycles. The van der Waals surface area contributed by atoms with Crippen LogP contribution in [0.15, 0.2) is 9.59 Å². The van der Waals surface area contributed by atoms with Crippen LogP contribution in [-0.4, -0.2) is 34.1 Å². The molecule has 6 nitrogen and oxygen atoms in total. The lowest BCUT2D eigenvalue weighted by molar-refractivity contribution is 0.145. The van der Waals surface area contributed by atoms with Crippen molar-refractivity contribution in [1.29, 1.82) is 0 Å². The van der Waals surface area contributed by atoms with Crippen LogP contribution >= 0.6 is 0 Å². The molecule has 0 radical (unpaired) electrons. The van der Waals surface area contributed by atoms with E-state index in [1.54, 1.807) is 13.8 Å². The summed E-state index contributed by atoms with van der Waals surface area (Å²) in [7, 11) is 0.